The van der Waals surface area contributed by atoms with Gasteiger partial charge in [-0.2, -0.15) is 0 Å². The summed E-state index contributed by atoms with van der Waals surface area (Å²) in [6.07, 6.45) is 2.24. The zero-order valence-corrected chi connectivity index (χ0v) is 17.4. The number of allylic oxidation sites excluding steroid dienone is 1. The zero-order valence-electron chi connectivity index (χ0n) is 17.4. The lowest BCUT2D eigenvalue weighted by Gasteiger charge is -2.23. The Labute approximate surface area is 171 Å². The third-order valence-corrected chi connectivity index (χ3v) is 4.19. The van der Waals surface area contributed by atoms with Crippen LogP contribution in [0, 0.1) is 0 Å². The molecule has 0 fully saturated rings. The van der Waals surface area contributed by atoms with Crippen molar-refractivity contribution in [3.05, 3.63) is 60.3 Å². The van der Waals surface area contributed by atoms with Crippen LogP contribution >= 0.6 is 0 Å². The van der Waals surface area contributed by atoms with Gasteiger partial charge >= 0.3 is 11.9 Å². The highest BCUT2D eigenvalue weighted by Gasteiger charge is 2.27. The first-order valence-electron chi connectivity index (χ1n) is 9.41. The topological polar surface area (TPSA) is 91.5 Å². The van der Waals surface area contributed by atoms with E-state index >= 15 is 0 Å². The number of carbonyl (C=O) groups is 2. The highest BCUT2D eigenvalue weighted by atomic mass is 16.6. The van der Waals surface area contributed by atoms with Gasteiger partial charge in [0.2, 0.25) is 0 Å². The number of benzene rings is 1. The molecule has 1 aromatic heterocycles. The molecule has 1 unspecified atom stereocenters. The van der Waals surface area contributed by atoms with Crippen LogP contribution in [0.1, 0.15) is 44.4 Å². The molecule has 0 saturated carbocycles. The van der Waals surface area contributed by atoms with E-state index in [1.165, 1.54) is 7.11 Å². The van der Waals surface area contributed by atoms with Crippen molar-refractivity contribution in [1.82, 2.24) is 4.98 Å². The molecule has 0 amide bonds. The summed E-state index contributed by atoms with van der Waals surface area (Å²) in [4.78, 5) is 28.8. The number of aromatic nitrogens is 1. The molecule has 1 heterocycles. The number of anilines is 1. The molecule has 6 heteroatoms. The smallest absolute Gasteiger partial charge is 0.315 e. The maximum Gasteiger partial charge on any atom is 0.315 e. The number of hydrogen-bond donors (Lipinski definition) is 1. The van der Waals surface area contributed by atoms with Gasteiger partial charge in [0.05, 0.1) is 24.9 Å². The van der Waals surface area contributed by atoms with E-state index in [-0.39, 0.29) is 18.4 Å². The number of nitrogens with zero attached hydrogens (tertiary/aromatic N) is 1. The van der Waals surface area contributed by atoms with Gasteiger partial charge in [-0.25, -0.2) is 0 Å². The maximum absolute atomic E-state index is 12.7. The molecule has 154 valence electrons. The van der Waals surface area contributed by atoms with Crippen LogP contribution in [0.3, 0.4) is 0 Å². The van der Waals surface area contributed by atoms with Crippen LogP contribution in [0.25, 0.3) is 11.3 Å². The number of esters is 2. The molecule has 6 nitrogen and oxygen atoms in total. The van der Waals surface area contributed by atoms with Gasteiger partial charge in [0, 0.05) is 11.3 Å². The minimum Gasteiger partial charge on any atom is -0.469 e. The van der Waals surface area contributed by atoms with Gasteiger partial charge < -0.3 is 15.2 Å². The Bertz CT molecular complexity index is 900. The van der Waals surface area contributed by atoms with E-state index in [0.29, 0.717) is 23.5 Å². The largest absolute Gasteiger partial charge is 0.469 e. The molecule has 0 saturated heterocycles. The van der Waals surface area contributed by atoms with Crippen molar-refractivity contribution in [2.45, 2.75) is 45.1 Å². The van der Waals surface area contributed by atoms with Gasteiger partial charge in [-0.3, -0.25) is 14.6 Å². The van der Waals surface area contributed by atoms with Gasteiger partial charge in [0.15, 0.2) is 0 Å². The van der Waals surface area contributed by atoms with Gasteiger partial charge in [-0.05, 0) is 51.0 Å². The monoisotopic (exact) mass is 396 g/mol. The van der Waals surface area contributed by atoms with Crippen LogP contribution in [-0.4, -0.2) is 29.6 Å². The minimum absolute atomic E-state index is 0.147. The van der Waals surface area contributed by atoms with E-state index in [9.17, 15) is 9.59 Å². The second kappa shape index (κ2) is 9.37. The van der Waals surface area contributed by atoms with Crippen molar-refractivity contribution < 1.29 is 19.1 Å². The maximum atomic E-state index is 12.7. The van der Waals surface area contributed by atoms with Gasteiger partial charge in [0.1, 0.15) is 11.5 Å². The summed E-state index contributed by atoms with van der Waals surface area (Å²) in [6.45, 7) is 9.24. The normalized spacial score (nSPS) is 12.1. The average molecular weight is 396 g/mol. The number of rotatable bonds is 7. The zero-order chi connectivity index (χ0) is 21.6. The summed E-state index contributed by atoms with van der Waals surface area (Å²) in [6, 6.07) is 10.8. The Morgan fingerprint density at radius 1 is 1.24 bits per heavy atom. The number of hydrogen-bond acceptors (Lipinski definition) is 6. The van der Waals surface area contributed by atoms with Crippen molar-refractivity contribution in [2.75, 3.05) is 12.8 Å². The number of nitrogen functional groups attached to an aromatic ring is 1. The quantitative estimate of drug-likeness (QED) is 0.431. The number of methoxy groups -OCH3 is 1. The van der Waals surface area contributed by atoms with E-state index in [0.717, 1.165) is 11.1 Å². The summed E-state index contributed by atoms with van der Waals surface area (Å²) < 4.78 is 10.2. The fourth-order valence-corrected chi connectivity index (χ4v) is 2.87. The standard InChI is InChI=1S/C23H28N2O4/c1-6-8-17(22(27)29-23(2,3)4)20-10-7-9-19(25-20)16-12-11-15(13-18(16)24)14-21(26)28-5/h6-7,9-13,17H,1,8,14,24H2,2-5H3. The van der Waals surface area contributed by atoms with Crippen molar-refractivity contribution in [3.63, 3.8) is 0 Å². The molecule has 0 aliphatic carbocycles. The molecule has 1 aromatic carbocycles. The van der Waals surface area contributed by atoms with E-state index in [1.807, 2.05) is 45.0 Å². The molecule has 0 radical (unpaired) electrons. The Kier molecular flexibility index (Phi) is 7.15. The number of ether oxygens (including phenoxy) is 2. The van der Waals surface area contributed by atoms with Crippen molar-refractivity contribution in [2.24, 2.45) is 0 Å². The summed E-state index contributed by atoms with van der Waals surface area (Å²) in [5.74, 6) is -1.23. The van der Waals surface area contributed by atoms with Crippen LogP contribution in [0.4, 0.5) is 5.69 Å². The minimum atomic E-state index is -0.589. The van der Waals surface area contributed by atoms with E-state index in [2.05, 4.69) is 16.3 Å². The van der Waals surface area contributed by atoms with Gasteiger partial charge in [-0.1, -0.05) is 24.3 Å². The van der Waals surface area contributed by atoms with Crippen LogP contribution < -0.4 is 5.73 Å². The Hall–Kier alpha value is -3.15. The molecule has 0 bridgehead atoms. The number of nitrogens with two attached hydrogens (primary N) is 1. The Morgan fingerprint density at radius 3 is 2.55 bits per heavy atom. The predicted octanol–water partition coefficient (Wildman–Crippen LogP) is 4.05. The van der Waals surface area contributed by atoms with Crippen LogP contribution in [0.5, 0.6) is 0 Å². The van der Waals surface area contributed by atoms with Gasteiger partial charge in [-0.15, -0.1) is 6.58 Å². The summed E-state index contributed by atoms with van der Waals surface area (Å²) in [5, 5.41) is 0. The molecule has 1 atom stereocenters. The van der Waals surface area contributed by atoms with Crippen LogP contribution in [-0.2, 0) is 25.5 Å². The molecule has 0 aliphatic heterocycles. The average Bonchev–Trinajstić information content (AvgIpc) is 2.64. The molecular weight excluding hydrogens is 368 g/mol. The lowest BCUT2D eigenvalue weighted by molar-refractivity contribution is -0.156. The third kappa shape index (κ3) is 6.17. The first-order valence-corrected chi connectivity index (χ1v) is 9.41. The summed E-state index contributed by atoms with van der Waals surface area (Å²) >= 11 is 0. The van der Waals surface area contributed by atoms with Crippen LogP contribution in [0.2, 0.25) is 0 Å². The lowest BCUT2D eigenvalue weighted by atomic mass is 9.98. The van der Waals surface area contributed by atoms with Crippen molar-refractivity contribution in [3.8, 4) is 11.3 Å². The summed E-state index contributed by atoms with van der Waals surface area (Å²) in [5.41, 5.74) is 8.82. The number of carbonyl (C=O) groups excluding carboxylic acids is 2. The highest BCUT2D eigenvalue weighted by Crippen LogP contribution is 2.29. The Morgan fingerprint density at radius 2 is 1.97 bits per heavy atom. The molecule has 2 rings (SSSR count). The molecule has 0 aliphatic rings. The van der Waals surface area contributed by atoms with E-state index < -0.39 is 11.5 Å². The van der Waals surface area contributed by atoms with Crippen LogP contribution in [0.15, 0.2) is 49.1 Å². The van der Waals surface area contributed by atoms with Crippen molar-refractivity contribution >= 4 is 17.6 Å². The molecule has 2 N–H and O–H groups in total. The number of pyridine rings is 1. The molecule has 2 aromatic rings. The third-order valence-electron chi connectivity index (χ3n) is 4.19. The van der Waals surface area contributed by atoms with E-state index in [1.54, 1.807) is 18.2 Å². The second-order valence-corrected chi connectivity index (χ2v) is 7.73. The summed E-state index contributed by atoms with van der Waals surface area (Å²) in [7, 11) is 1.35. The fraction of sp³-hybridized carbons (Fsp3) is 0.348. The second-order valence-electron chi connectivity index (χ2n) is 7.73. The molecule has 0 spiro atoms. The van der Waals surface area contributed by atoms with E-state index in [4.69, 9.17) is 10.5 Å². The lowest BCUT2D eigenvalue weighted by Crippen LogP contribution is -2.28. The fourth-order valence-electron chi connectivity index (χ4n) is 2.87. The molecule has 29 heavy (non-hydrogen) atoms. The first kappa shape index (κ1) is 22.1. The SMILES string of the molecule is C=CCC(C(=O)OC(C)(C)C)c1cccc(-c2ccc(CC(=O)OC)cc2N)n1. The molecular formula is C23H28N2O4. The van der Waals surface area contributed by atoms with Crippen molar-refractivity contribution in [1.29, 1.82) is 0 Å². The predicted molar refractivity (Wildman–Crippen MR) is 113 cm³/mol. The van der Waals surface area contributed by atoms with Gasteiger partial charge in [0.25, 0.3) is 0 Å². The highest BCUT2D eigenvalue weighted by molar-refractivity contribution is 5.80. The first-order chi connectivity index (χ1) is 13.6. The Balaban J connectivity index is 2.35.